The highest BCUT2D eigenvalue weighted by Crippen LogP contribution is 2.46. The third-order valence-corrected chi connectivity index (χ3v) is 3.93. The number of hydrogen-bond donors (Lipinski definition) is 1. The normalized spacial score (nSPS) is 37.1. The molecule has 4 atom stereocenters. The highest BCUT2D eigenvalue weighted by atomic mass is 16.5. The fraction of sp³-hybridized carbons (Fsp3) is 0.846. The minimum absolute atomic E-state index is 0.299. The molecule has 0 aromatic carbocycles. The van der Waals surface area contributed by atoms with Gasteiger partial charge in [0.25, 0.3) is 0 Å². The molecule has 1 aliphatic rings. The highest BCUT2D eigenvalue weighted by molar-refractivity contribution is 5.06. The van der Waals surface area contributed by atoms with Crippen LogP contribution in [-0.2, 0) is 4.74 Å². The molecule has 1 N–H and O–H groups in total. The zero-order valence-corrected chi connectivity index (χ0v) is 10.5. The van der Waals surface area contributed by atoms with Gasteiger partial charge in [-0.3, -0.25) is 0 Å². The molecule has 0 aromatic rings. The van der Waals surface area contributed by atoms with Gasteiger partial charge in [-0.25, -0.2) is 0 Å². The van der Waals surface area contributed by atoms with Crippen molar-refractivity contribution in [1.29, 1.82) is 0 Å². The lowest BCUT2D eigenvalue weighted by molar-refractivity contribution is -0.126. The van der Waals surface area contributed by atoms with E-state index in [1.165, 1.54) is 6.42 Å². The molecule has 0 radical (unpaired) electrons. The van der Waals surface area contributed by atoms with E-state index in [0.717, 1.165) is 13.0 Å². The van der Waals surface area contributed by atoms with Gasteiger partial charge in [0, 0.05) is 24.1 Å². The first-order valence-corrected chi connectivity index (χ1v) is 6.08. The number of nitrogens with one attached hydrogen (secondary N) is 1. The van der Waals surface area contributed by atoms with Gasteiger partial charge in [-0.15, -0.1) is 6.58 Å². The zero-order chi connectivity index (χ0) is 11.5. The van der Waals surface area contributed by atoms with E-state index in [1.807, 2.05) is 6.08 Å². The maximum atomic E-state index is 5.76. The molecule has 1 rings (SSSR count). The van der Waals surface area contributed by atoms with Gasteiger partial charge in [-0.05, 0) is 26.7 Å². The Labute approximate surface area is 94.1 Å². The van der Waals surface area contributed by atoms with Crippen LogP contribution >= 0.6 is 0 Å². The van der Waals surface area contributed by atoms with Gasteiger partial charge >= 0.3 is 0 Å². The minimum atomic E-state index is 0.299. The van der Waals surface area contributed by atoms with Crippen LogP contribution in [0.15, 0.2) is 12.7 Å². The lowest BCUT2D eigenvalue weighted by Gasteiger charge is -2.54. The summed E-state index contributed by atoms with van der Waals surface area (Å²) in [5, 5.41) is 3.60. The maximum Gasteiger partial charge on any atom is 0.0658 e. The molecule has 0 aliphatic heterocycles. The summed E-state index contributed by atoms with van der Waals surface area (Å²) < 4.78 is 5.76. The first-order chi connectivity index (χ1) is 7.08. The average Bonchev–Trinajstić information content (AvgIpc) is 2.26. The van der Waals surface area contributed by atoms with Crippen molar-refractivity contribution < 1.29 is 4.74 Å². The molecular weight excluding hydrogens is 186 g/mol. The summed E-state index contributed by atoms with van der Waals surface area (Å²) in [6, 6.07) is 0.968. The Morgan fingerprint density at radius 2 is 2.27 bits per heavy atom. The lowest BCUT2D eigenvalue weighted by Crippen LogP contribution is -2.63. The maximum absolute atomic E-state index is 5.76. The molecule has 0 spiro atoms. The first-order valence-electron chi connectivity index (χ1n) is 6.08. The molecule has 2 heteroatoms. The molecule has 1 saturated carbocycles. The summed E-state index contributed by atoms with van der Waals surface area (Å²) in [5.74, 6) is 0. The summed E-state index contributed by atoms with van der Waals surface area (Å²) in [7, 11) is 0. The van der Waals surface area contributed by atoms with E-state index in [4.69, 9.17) is 4.74 Å². The summed E-state index contributed by atoms with van der Waals surface area (Å²) >= 11 is 0. The molecule has 0 saturated heterocycles. The van der Waals surface area contributed by atoms with Crippen LogP contribution in [0.2, 0.25) is 0 Å². The van der Waals surface area contributed by atoms with Crippen molar-refractivity contribution >= 4 is 0 Å². The Morgan fingerprint density at radius 1 is 1.60 bits per heavy atom. The van der Waals surface area contributed by atoms with Gasteiger partial charge in [0.05, 0.1) is 6.10 Å². The predicted molar refractivity (Wildman–Crippen MR) is 65.0 cm³/mol. The van der Waals surface area contributed by atoms with Gasteiger partial charge in [0.2, 0.25) is 0 Å². The second-order valence-electron chi connectivity index (χ2n) is 4.78. The Balaban J connectivity index is 2.52. The van der Waals surface area contributed by atoms with E-state index in [0.29, 0.717) is 23.6 Å². The summed E-state index contributed by atoms with van der Waals surface area (Å²) in [5.41, 5.74) is 0.299. The molecule has 2 nitrogen and oxygen atoms in total. The molecule has 4 unspecified atom stereocenters. The second kappa shape index (κ2) is 5.13. The smallest absolute Gasteiger partial charge is 0.0658 e. The van der Waals surface area contributed by atoms with Gasteiger partial charge in [-0.2, -0.15) is 0 Å². The van der Waals surface area contributed by atoms with Crippen molar-refractivity contribution in [3.8, 4) is 0 Å². The van der Waals surface area contributed by atoms with E-state index in [1.54, 1.807) is 0 Å². The van der Waals surface area contributed by atoms with Gasteiger partial charge < -0.3 is 10.1 Å². The first kappa shape index (κ1) is 12.7. The summed E-state index contributed by atoms with van der Waals surface area (Å²) in [4.78, 5) is 0. The molecule has 0 bridgehead atoms. The van der Waals surface area contributed by atoms with Crippen LogP contribution in [0.4, 0.5) is 0 Å². The van der Waals surface area contributed by atoms with Crippen molar-refractivity contribution in [1.82, 2.24) is 5.32 Å². The molecule has 1 fully saturated rings. The molecule has 15 heavy (non-hydrogen) atoms. The monoisotopic (exact) mass is 211 g/mol. The SMILES string of the molecule is C=CC(C)NC1CC(OCC)C1(C)CC. The minimum Gasteiger partial charge on any atom is -0.378 e. The summed E-state index contributed by atoms with van der Waals surface area (Å²) in [6.45, 7) is 13.4. The Morgan fingerprint density at radius 3 is 2.73 bits per heavy atom. The van der Waals surface area contributed by atoms with Crippen LogP contribution in [-0.4, -0.2) is 24.8 Å². The van der Waals surface area contributed by atoms with Crippen LogP contribution in [0.1, 0.15) is 40.5 Å². The van der Waals surface area contributed by atoms with Crippen molar-refractivity contribution in [2.45, 2.75) is 58.7 Å². The topological polar surface area (TPSA) is 21.3 Å². The Kier molecular flexibility index (Phi) is 4.35. The lowest BCUT2D eigenvalue weighted by atomic mass is 9.61. The standard InChI is InChI=1S/C13H25NO/c1-6-10(4)14-11-9-12(15-8-3)13(11,5)7-2/h6,10-12,14H,1,7-9H2,2-5H3. The van der Waals surface area contributed by atoms with Crippen LogP contribution in [0.25, 0.3) is 0 Å². The average molecular weight is 211 g/mol. The predicted octanol–water partition coefficient (Wildman–Crippen LogP) is 2.74. The summed E-state index contributed by atoms with van der Waals surface area (Å²) in [6.07, 6.45) is 4.70. The van der Waals surface area contributed by atoms with E-state index in [2.05, 4.69) is 39.6 Å². The highest BCUT2D eigenvalue weighted by Gasteiger charge is 2.50. The van der Waals surface area contributed by atoms with Gasteiger partial charge in [0.15, 0.2) is 0 Å². The second-order valence-corrected chi connectivity index (χ2v) is 4.78. The van der Waals surface area contributed by atoms with Gasteiger partial charge in [-0.1, -0.05) is 19.9 Å². The molecule has 0 heterocycles. The largest absolute Gasteiger partial charge is 0.378 e. The fourth-order valence-corrected chi connectivity index (χ4v) is 2.39. The quantitative estimate of drug-likeness (QED) is 0.682. The molecule has 88 valence electrons. The number of ether oxygens (including phenoxy) is 1. The van der Waals surface area contributed by atoms with Crippen molar-refractivity contribution in [3.63, 3.8) is 0 Å². The third-order valence-electron chi connectivity index (χ3n) is 3.93. The third kappa shape index (κ3) is 2.43. The van der Waals surface area contributed by atoms with Crippen molar-refractivity contribution in [2.75, 3.05) is 6.61 Å². The van der Waals surface area contributed by atoms with Crippen LogP contribution in [0.3, 0.4) is 0 Å². The molecule has 1 aliphatic carbocycles. The Hall–Kier alpha value is -0.340. The number of rotatable bonds is 6. The van der Waals surface area contributed by atoms with E-state index in [9.17, 15) is 0 Å². The van der Waals surface area contributed by atoms with E-state index in [-0.39, 0.29) is 0 Å². The van der Waals surface area contributed by atoms with Crippen LogP contribution in [0.5, 0.6) is 0 Å². The van der Waals surface area contributed by atoms with E-state index < -0.39 is 0 Å². The van der Waals surface area contributed by atoms with Crippen LogP contribution < -0.4 is 5.32 Å². The van der Waals surface area contributed by atoms with Gasteiger partial charge in [0.1, 0.15) is 0 Å². The van der Waals surface area contributed by atoms with Crippen LogP contribution in [0, 0.1) is 5.41 Å². The van der Waals surface area contributed by atoms with Crippen molar-refractivity contribution in [3.05, 3.63) is 12.7 Å². The molecule has 0 amide bonds. The zero-order valence-electron chi connectivity index (χ0n) is 10.5. The Bertz CT molecular complexity index is 217. The van der Waals surface area contributed by atoms with E-state index >= 15 is 0 Å². The molecule has 0 aromatic heterocycles. The number of hydrogen-bond acceptors (Lipinski definition) is 2. The fourth-order valence-electron chi connectivity index (χ4n) is 2.39. The van der Waals surface area contributed by atoms with Crippen molar-refractivity contribution in [2.24, 2.45) is 5.41 Å². The molecular formula is C13H25NO.